The Labute approximate surface area is 165 Å². The van der Waals surface area contributed by atoms with E-state index in [1.54, 1.807) is 0 Å². The number of para-hydroxylation sites is 1. The first kappa shape index (κ1) is 17.4. The number of carbonyl (C=O) groups excluding carboxylic acids is 1. The number of benzene rings is 1. The first-order chi connectivity index (χ1) is 13.7. The van der Waals surface area contributed by atoms with E-state index in [0.29, 0.717) is 18.3 Å². The van der Waals surface area contributed by atoms with Crippen molar-refractivity contribution in [1.29, 1.82) is 0 Å². The van der Waals surface area contributed by atoms with Crippen LogP contribution in [0.4, 0.5) is 0 Å². The van der Waals surface area contributed by atoms with E-state index in [0.717, 1.165) is 28.7 Å². The van der Waals surface area contributed by atoms with Crippen molar-refractivity contribution in [3.63, 3.8) is 0 Å². The van der Waals surface area contributed by atoms with E-state index in [9.17, 15) is 4.79 Å². The molecule has 5 rings (SSSR count). The van der Waals surface area contributed by atoms with Gasteiger partial charge in [-0.15, -0.1) is 0 Å². The van der Waals surface area contributed by atoms with Gasteiger partial charge in [0.25, 0.3) is 5.91 Å². The van der Waals surface area contributed by atoms with E-state index in [-0.39, 0.29) is 11.9 Å². The smallest absolute Gasteiger partial charge is 0.290 e. The minimum absolute atomic E-state index is 0.0102. The molecule has 144 valence electrons. The molecule has 1 N–H and O–H groups in total. The average molecular weight is 374 g/mol. The van der Waals surface area contributed by atoms with Crippen molar-refractivity contribution in [2.24, 2.45) is 0 Å². The van der Waals surface area contributed by atoms with Crippen molar-refractivity contribution in [2.45, 2.75) is 57.4 Å². The number of H-pyrrole nitrogens is 1. The molecule has 1 atom stereocenters. The van der Waals surface area contributed by atoms with Crippen molar-refractivity contribution >= 4 is 16.9 Å². The highest BCUT2D eigenvalue weighted by molar-refractivity contribution is 5.95. The summed E-state index contributed by atoms with van der Waals surface area (Å²) in [6, 6.07) is 10.3. The number of hydrogen-bond donors (Lipinski definition) is 1. The van der Waals surface area contributed by atoms with Crippen LogP contribution in [0.15, 0.2) is 36.5 Å². The van der Waals surface area contributed by atoms with Gasteiger partial charge in [-0.3, -0.25) is 9.78 Å². The Morgan fingerprint density at radius 3 is 2.79 bits per heavy atom. The summed E-state index contributed by atoms with van der Waals surface area (Å²) in [6.45, 7) is 2.75. The first-order valence-corrected chi connectivity index (χ1v) is 10.5. The predicted octanol–water partition coefficient (Wildman–Crippen LogP) is 4.77. The molecule has 2 aliphatic rings. The fraction of sp³-hybridized carbons (Fsp3) is 0.435. The van der Waals surface area contributed by atoms with Gasteiger partial charge in [-0.05, 0) is 48.9 Å². The van der Waals surface area contributed by atoms with Crippen LogP contribution in [0.3, 0.4) is 0 Å². The fourth-order valence-corrected chi connectivity index (χ4v) is 4.94. The number of nitrogens with one attached hydrogen (secondary N) is 1. The number of aromatic nitrogens is 3. The zero-order valence-corrected chi connectivity index (χ0v) is 16.3. The lowest BCUT2D eigenvalue weighted by Gasteiger charge is -2.34. The van der Waals surface area contributed by atoms with E-state index in [4.69, 9.17) is 4.98 Å². The second kappa shape index (κ2) is 7.04. The third-order valence-corrected chi connectivity index (χ3v) is 6.48. The van der Waals surface area contributed by atoms with Crippen LogP contribution in [-0.4, -0.2) is 32.3 Å². The molecule has 0 bridgehead atoms. The highest BCUT2D eigenvalue weighted by Gasteiger charge is 2.30. The summed E-state index contributed by atoms with van der Waals surface area (Å²) in [7, 11) is 0. The van der Waals surface area contributed by atoms with Crippen LogP contribution in [0.25, 0.3) is 11.0 Å². The van der Waals surface area contributed by atoms with E-state index >= 15 is 0 Å². The molecule has 3 heterocycles. The number of hydrogen-bond acceptors (Lipinski definition) is 3. The van der Waals surface area contributed by atoms with Crippen LogP contribution in [0.1, 0.15) is 78.4 Å². The molecule has 0 radical (unpaired) electrons. The number of pyridine rings is 1. The van der Waals surface area contributed by atoms with Crippen LogP contribution in [0.5, 0.6) is 0 Å². The van der Waals surface area contributed by atoms with Gasteiger partial charge in [-0.2, -0.15) is 0 Å². The quantitative estimate of drug-likeness (QED) is 0.703. The maximum atomic E-state index is 13.3. The van der Waals surface area contributed by atoms with Gasteiger partial charge < -0.3 is 9.88 Å². The zero-order chi connectivity index (χ0) is 19.1. The number of amides is 1. The Kier molecular flexibility index (Phi) is 4.38. The molecule has 1 aromatic carbocycles. The molecule has 1 aliphatic carbocycles. The summed E-state index contributed by atoms with van der Waals surface area (Å²) in [4.78, 5) is 27.8. The normalized spacial score (nSPS) is 20.3. The lowest BCUT2D eigenvalue weighted by Crippen LogP contribution is -2.39. The second-order valence-corrected chi connectivity index (χ2v) is 8.13. The van der Waals surface area contributed by atoms with Gasteiger partial charge >= 0.3 is 0 Å². The van der Waals surface area contributed by atoms with Crippen LogP contribution >= 0.6 is 0 Å². The number of nitrogens with zero attached hydrogens (tertiary/aromatic N) is 3. The molecule has 1 aliphatic heterocycles. The van der Waals surface area contributed by atoms with Gasteiger partial charge in [-0.25, -0.2) is 4.98 Å². The van der Waals surface area contributed by atoms with Gasteiger partial charge in [0, 0.05) is 24.9 Å². The summed E-state index contributed by atoms with van der Waals surface area (Å²) in [5, 5.41) is 0. The standard InChI is InChI=1S/C23H26N4O/c1-15-17-10-6-13-24-19(17)12-14-27(15)23(28)22-25-20-11-5-9-18(21(20)26-22)16-7-3-2-4-8-16/h5-6,9-11,13,15-16H,2-4,7-8,12,14H2,1H3,(H,25,26)/t15-/m1/s1. The third kappa shape index (κ3) is 2.89. The number of carbonyl (C=O) groups is 1. The fourth-order valence-electron chi connectivity index (χ4n) is 4.94. The van der Waals surface area contributed by atoms with Crippen molar-refractivity contribution in [1.82, 2.24) is 19.9 Å². The van der Waals surface area contributed by atoms with Crippen molar-refractivity contribution in [3.05, 3.63) is 59.2 Å². The molecule has 5 heteroatoms. The largest absolute Gasteiger partial charge is 0.334 e. The summed E-state index contributed by atoms with van der Waals surface area (Å²) in [6.07, 6.45) is 8.98. The summed E-state index contributed by atoms with van der Waals surface area (Å²) >= 11 is 0. The van der Waals surface area contributed by atoms with E-state index in [1.165, 1.54) is 37.7 Å². The lowest BCUT2D eigenvalue weighted by atomic mass is 9.83. The van der Waals surface area contributed by atoms with Crippen LogP contribution in [-0.2, 0) is 6.42 Å². The zero-order valence-electron chi connectivity index (χ0n) is 16.3. The molecule has 28 heavy (non-hydrogen) atoms. The predicted molar refractivity (Wildman–Crippen MR) is 109 cm³/mol. The molecule has 0 spiro atoms. The maximum absolute atomic E-state index is 13.3. The van der Waals surface area contributed by atoms with Crippen molar-refractivity contribution in [3.8, 4) is 0 Å². The molecular formula is C23H26N4O. The van der Waals surface area contributed by atoms with Gasteiger partial charge in [-0.1, -0.05) is 37.5 Å². The summed E-state index contributed by atoms with van der Waals surface area (Å²) < 4.78 is 0. The Morgan fingerprint density at radius 1 is 1.11 bits per heavy atom. The van der Waals surface area contributed by atoms with Crippen LogP contribution < -0.4 is 0 Å². The molecule has 1 amide bonds. The van der Waals surface area contributed by atoms with Gasteiger partial charge in [0.05, 0.1) is 17.1 Å². The molecule has 3 aromatic rings. The van der Waals surface area contributed by atoms with Crippen molar-refractivity contribution in [2.75, 3.05) is 6.54 Å². The number of rotatable bonds is 2. The summed E-state index contributed by atoms with van der Waals surface area (Å²) in [5.74, 6) is 1.00. The van der Waals surface area contributed by atoms with E-state index < -0.39 is 0 Å². The van der Waals surface area contributed by atoms with Crippen LogP contribution in [0.2, 0.25) is 0 Å². The van der Waals surface area contributed by atoms with E-state index in [1.807, 2.05) is 23.2 Å². The highest BCUT2D eigenvalue weighted by Crippen LogP contribution is 2.36. The minimum atomic E-state index is -0.0206. The molecule has 1 saturated carbocycles. The molecular weight excluding hydrogens is 348 g/mol. The Balaban J connectivity index is 1.47. The van der Waals surface area contributed by atoms with Gasteiger partial charge in [0.2, 0.25) is 0 Å². The summed E-state index contributed by atoms with van der Waals surface area (Å²) in [5.41, 5.74) is 5.49. The number of aromatic amines is 1. The first-order valence-electron chi connectivity index (χ1n) is 10.5. The Bertz CT molecular complexity index is 1020. The Hall–Kier alpha value is -2.69. The molecule has 0 saturated heterocycles. The number of fused-ring (bicyclic) bond motifs is 2. The van der Waals surface area contributed by atoms with Crippen molar-refractivity contribution < 1.29 is 4.79 Å². The van der Waals surface area contributed by atoms with Gasteiger partial charge in [0.1, 0.15) is 0 Å². The number of imidazole rings is 1. The van der Waals surface area contributed by atoms with Gasteiger partial charge in [0.15, 0.2) is 5.82 Å². The van der Waals surface area contributed by atoms with E-state index in [2.05, 4.69) is 35.1 Å². The molecule has 5 nitrogen and oxygen atoms in total. The second-order valence-electron chi connectivity index (χ2n) is 8.13. The topological polar surface area (TPSA) is 61.9 Å². The molecule has 0 unspecified atom stereocenters. The Morgan fingerprint density at radius 2 is 1.93 bits per heavy atom. The SMILES string of the molecule is C[C@@H]1c2cccnc2CCN1C(=O)c1nc2c(C3CCCCC3)cccc2[nH]1. The minimum Gasteiger partial charge on any atom is -0.334 e. The molecule has 2 aromatic heterocycles. The lowest BCUT2D eigenvalue weighted by molar-refractivity contribution is 0.0665. The third-order valence-electron chi connectivity index (χ3n) is 6.48. The molecule has 1 fully saturated rings. The average Bonchev–Trinajstić information content (AvgIpc) is 3.19. The highest BCUT2D eigenvalue weighted by atomic mass is 16.2. The monoisotopic (exact) mass is 374 g/mol. The van der Waals surface area contributed by atoms with Crippen LogP contribution in [0, 0.1) is 0 Å². The maximum Gasteiger partial charge on any atom is 0.290 e.